The zero-order chi connectivity index (χ0) is 10.4. The minimum Gasteiger partial charge on any atom is -0.435 e. The van der Waals surface area contributed by atoms with Gasteiger partial charge in [0, 0.05) is 0 Å². The Morgan fingerprint density at radius 2 is 2.14 bits per heavy atom. The van der Waals surface area contributed by atoms with Crippen molar-refractivity contribution in [3.05, 3.63) is 30.3 Å². The number of amides is 1. The fraction of sp³-hybridized carbons (Fsp3) is 0.100. The molecule has 0 aliphatic heterocycles. The normalized spacial score (nSPS) is 8.86. The molecule has 0 saturated heterocycles. The lowest BCUT2D eigenvalue weighted by atomic mass is 10.3. The van der Waals surface area contributed by atoms with Crippen LogP contribution in [-0.4, -0.2) is 12.7 Å². The molecule has 1 aromatic carbocycles. The van der Waals surface area contributed by atoms with Crippen LogP contribution in [-0.2, 0) is 4.74 Å². The number of carbonyl (C=O) groups excluding carboxylic acids is 1. The molecule has 0 radical (unpaired) electrons. The lowest BCUT2D eigenvalue weighted by Crippen LogP contribution is -2.37. The highest BCUT2D eigenvalue weighted by molar-refractivity contribution is 5.86. The number of rotatable bonds is 2. The molecule has 0 heterocycles. The van der Waals surface area contributed by atoms with Crippen molar-refractivity contribution in [2.45, 2.75) is 0 Å². The molecule has 14 heavy (non-hydrogen) atoms. The second kappa shape index (κ2) is 4.90. The Labute approximate surface area is 82.2 Å². The van der Waals surface area contributed by atoms with E-state index in [1.54, 1.807) is 24.3 Å². The van der Waals surface area contributed by atoms with E-state index in [1.165, 1.54) is 0 Å². The van der Waals surface area contributed by atoms with Gasteiger partial charge in [-0.2, -0.15) is 0 Å². The lowest BCUT2D eigenvalue weighted by Gasteiger charge is -2.14. The molecule has 2 N–H and O–H groups in total. The van der Waals surface area contributed by atoms with E-state index < -0.39 is 6.09 Å². The predicted molar refractivity (Wildman–Crippen MR) is 53.3 cm³/mol. The van der Waals surface area contributed by atoms with Crippen molar-refractivity contribution in [1.82, 2.24) is 0 Å². The number of hydrazine groups is 1. The molecule has 0 bridgehead atoms. The van der Waals surface area contributed by atoms with Gasteiger partial charge in [-0.3, -0.25) is 0 Å². The number of terminal acetylenes is 1. The highest BCUT2D eigenvalue weighted by atomic mass is 16.6. The molecule has 0 saturated carbocycles. The molecule has 0 aromatic heterocycles. The molecule has 0 aliphatic carbocycles. The van der Waals surface area contributed by atoms with E-state index in [4.69, 9.17) is 12.3 Å². The average Bonchev–Trinajstić information content (AvgIpc) is 2.26. The zero-order valence-corrected chi connectivity index (χ0v) is 7.51. The molecule has 1 aromatic rings. The number of nitrogens with two attached hydrogens (primary N) is 1. The molecule has 0 unspecified atom stereocenters. The van der Waals surface area contributed by atoms with Crippen LogP contribution < -0.4 is 10.9 Å². The number of benzene rings is 1. The fourth-order valence-electron chi connectivity index (χ4n) is 0.867. The smallest absolute Gasteiger partial charge is 0.429 e. The number of nitrogens with zero attached hydrogens (tertiary/aromatic N) is 1. The third-order valence-electron chi connectivity index (χ3n) is 1.51. The largest absolute Gasteiger partial charge is 0.435 e. The molecule has 0 aliphatic rings. The Hall–Kier alpha value is -1.99. The second-order valence-corrected chi connectivity index (χ2v) is 2.46. The fourth-order valence-corrected chi connectivity index (χ4v) is 0.867. The molecule has 1 amide bonds. The minimum absolute atomic E-state index is 0.0840. The monoisotopic (exact) mass is 190 g/mol. The number of ether oxygens (including phenoxy) is 1. The van der Waals surface area contributed by atoms with Gasteiger partial charge in [-0.1, -0.05) is 24.1 Å². The van der Waals surface area contributed by atoms with Crippen LogP contribution in [0.2, 0.25) is 0 Å². The van der Waals surface area contributed by atoms with Crippen LogP contribution in [0.15, 0.2) is 30.3 Å². The van der Waals surface area contributed by atoms with E-state index in [2.05, 4.69) is 10.7 Å². The highest BCUT2D eigenvalue weighted by Gasteiger charge is 2.11. The van der Waals surface area contributed by atoms with Gasteiger partial charge in [-0.25, -0.2) is 15.6 Å². The Morgan fingerprint density at radius 3 is 2.71 bits per heavy atom. The first-order valence-electron chi connectivity index (χ1n) is 3.96. The van der Waals surface area contributed by atoms with E-state index in [0.717, 1.165) is 5.01 Å². The van der Waals surface area contributed by atoms with Crippen LogP contribution in [0, 0.1) is 12.3 Å². The van der Waals surface area contributed by atoms with Crippen LogP contribution in [0.1, 0.15) is 0 Å². The summed E-state index contributed by atoms with van der Waals surface area (Å²) in [7, 11) is 0. The van der Waals surface area contributed by atoms with Gasteiger partial charge < -0.3 is 4.74 Å². The third-order valence-corrected chi connectivity index (χ3v) is 1.51. The van der Waals surface area contributed by atoms with Gasteiger partial charge in [0.1, 0.15) is 0 Å². The summed E-state index contributed by atoms with van der Waals surface area (Å²) >= 11 is 0. The first-order valence-corrected chi connectivity index (χ1v) is 3.96. The molecule has 0 fully saturated rings. The molecule has 4 heteroatoms. The van der Waals surface area contributed by atoms with Gasteiger partial charge in [0.15, 0.2) is 6.61 Å². The van der Waals surface area contributed by atoms with Crippen molar-refractivity contribution >= 4 is 11.8 Å². The van der Waals surface area contributed by atoms with E-state index in [-0.39, 0.29) is 6.61 Å². The number of carbonyl (C=O) groups is 1. The van der Waals surface area contributed by atoms with Gasteiger partial charge in [0.2, 0.25) is 0 Å². The SMILES string of the molecule is C#CCOC(=O)N(N)c1ccccc1. The first-order chi connectivity index (χ1) is 6.75. The number of hydrogen-bond acceptors (Lipinski definition) is 3. The molecule has 1 rings (SSSR count). The van der Waals surface area contributed by atoms with Crippen LogP contribution in [0.4, 0.5) is 10.5 Å². The predicted octanol–water partition coefficient (Wildman–Crippen LogP) is 1.14. The average molecular weight is 190 g/mol. The Bertz CT molecular complexity index is 343. The molecule has 0 spiro atoms. The van der Waals surface area contributed by atoms with Crippen molar-refractivity contribution in [3.8, 4) is 12.3 Å². The summed E-state index contributed by atoms with van der Waals surface area (Å²) in [5.74, 6) is 7.65. The number of anilines is 1. The summed E-state index contributed by atoms with van der Waals surface area (Å²) in [6, 6.07) is 8.74. The summed E-state index contributed by atoms with van der Waals surface area (Å²) in [5.41, 5.74) is 0.550. The van der Waals surface area contributed by atoms with Gasteiger partial charge in [0.05, 0.1) is 5.69 Å². The van der Waals surface area contributed by atoms with Crippen molar-refractivity contribution < 1.29 is 9.53 Å². The highest BCUT2D eigenvalue weighted by Crippen LogP contribution is 2.09. The van der Waals surface area contributed by atoms with Crippen molar-refractivity contribution in [1.29, 1.82) is 0 Å². The summed E-state index contributed by atoms with van der Waals surface area (Å²) in [6.45, 7) is -0.0840. The molecule has 72 valence electrons. The number of para-hydroxylation sites is 1. The van der Waals surface area contributed by atoms with Gasteiger partial charge in [-0.15, -0.1) is 6.42 Å². The van der Waals surface area contributed by atoms with E-state index in [9.17, 15) is 4.79 Å². The van der Waals surface area contributed by atoms with Gasteiger partial charge in [-0.05, 0) is 12.1 Å². The molecular weight excluding hydrogens is 180 g/mol. The van der Waals surface area contributed by atoms with Gasteiger partial charge in [0.25, 0.3) is 0 Å². The maximum atomic E-state index is 11.2. The van der Waals surface area contributed by atoms with E-state index >= 15 is 0 Å². The Kier molecular flexibility index (Phi) is 3.53. The van der Waals surface area contributed by atoms with Gasteiger partial charge >= 0.3 is 6.09 Å². The topological polar surface area (TPSA) is 55.6 Å². The third kappa shape index (κ3) is 2.51. The van der Waals surface area contributed by atoms with E-state index in [0.29, 0.717) is 5.69 Å². The lowest BCUT2D eigenvalue weighted by molar-refractivity contribution is 0.168. The van der Waals surface area contributed by atoms with Crippen LogP contribution in [0.5, 0.6) is 0 Å². The molecular formula is C10H10N2O2. The Morgan fingerprint density at radius 1 is 1.50 bits per heavy atom. The molecule has 4 nitrogen and oxygen atoms in total. The van der Waals surface area contributed by atoms with E-state index in [1.807, 2.05) is 6.07 Å². The van der Waals surface area contributed by atoms with Crippen molar-refractivity contribution in [3.63, 3.8) is 0 Å². The van der Waals surface area contributed by atoms with Crippen molar-refractivity contribution in [2.75, 3.05) is 11.6 Å². The summed E-state index contributed by atoms with van der Waals surface area (Å²) in [5, 5.41) is 0.900. The maximum Gasteiger partial charge on any atom is 0.429 e. The molecule has 0 atom stereocenters. The first kappa shape index (κ1) is 10.1. The minimum atomic E-state index is -0.672. The van der Waals surface area contributed by atoms with Crippen LogP contribution in [0.25, 0.3) is 0 Å². The summed E-state index contributed by atoms with van der Waals surface area (Å²) in [4.78, 5) is 11.2. The summed E-state index contributed by atoms with van der Waals surface area (Å²) in [6.07, 6.45) is 4.26. The Balaban J connectivity index is 2.62. The number of hydrogen-bond donors (Lipinski definition) is 1. The van der Waals surface area contributed by atoms with Crippen LogP contribution >= 0.6 is 0 Å². The zero-order valence-electron chi connectivity index (χ0n) is 7.51. The standard InChI is InChI=1S/C10H10N2O2/c1-2-8-14-10(13)12(11)9-6-4-3-5-7-9/h1,3-7H,8,11H2. The van der Waals surface area contributed by atoms with Crippen LogP contribution in [0.3, 0.4) is 0 Å². The second-order valence-electron chi connectivity index (χ2n) is 2.46. The maximum absolute atomic E-state index is 11.2. The van der Waals surface area contributed by atoms with Crippen molar-refractivity contribution in [2.24, 2.45) is 5.84 Å². The summed E-state index contributed by atoms with van der Waals surface area (Å²) < 4.78 is 4.63. The quantitative estimate of drug-likeness (QED) is 0.329.